The van der Waals surface area contributed by atoms with Crippen LogP contribution in [0.2, 0.25) is 0 Å². The highest BCUT2D eigenvalue weighted by atomic mass is 35.5. The molecule has 1 aliphatic rings. The minimum Gasteiger partial charge on any atom is -0.352 e. The molecule has 2 nitrogen and oxygen atoms in total. The van der Waals surface area contributed by atoms with E-state index in [0.717, 1.165) is 6.42 Å². The van der Waals surface area contributed by atoms with Crippen LogP contribution in [0.4, 0.5) is 8.78 Å². The molecule has 2 unspecified atom stereocenters. The zero-order valence-electron chi connectivity index (χ0n) is 11.0. The molecule has 0 saturated heterocycles. The standard InChI is InChI=1S/C13H22ClF2NO/c1-9(2)6-11(8-14)17-12(18)10-4-3-5-13(15,16)7-10/h9-11H,3-8H2,1-2H3,(H,17,18). The van der Waals surface area contributed by atoms with Gasteiger partial charge in [0.15, 0.2) is 0 Å². The topological polar surface area (TPSA) is 29.1 Å². The Kier molecular flexibility index (Phi) is 5.83. The molecule has 1 N–H and O–H groups in total. The van der Waals surface area contributed by atoms with E-state index < -0.39 is 11.8 Å². The molecule has 0 aromatic heterocycles. The van der Waals surface area contributed by atoms with Crippen molar-refractivity contribution in [2.24, 2.45) is 11.8 Å². The zero-order valence-corrected chi connectivity index (χ0v) is 11.8. The van der Waals surface area contributed by atoms with Gasteiger partial charge in [-0.2, -0.15) is 0 Å². The summed E-state index contributed by atoms with van der Waals surface area (Å²) in [6.45, 7) is 4.08. The normalized spacial score (nSPS) is 24.9. The lowest BCUT2D eigenvalue weighted by molar-refractivity contribution is -0.132. The average Bonchev–Trinajstić information content (AvgIpc) is 2.26. The van der Waals surface area contributed by atoms with Crippen molar-refractivity contribution in [1.82, 2.24) is 5.32 Å². The van der Waals surface area contributed by atoms with Crippen molar-refractivity contribution in [1.29, 1.82) is 0 Å². The highest BCUT2D eigenvalue weighted by Crippen LogP contribution is 2.36. The van der Waals surface area contributed by atoms with E-state index in [2.05, 4.69) is 5.32 Å². The van der Waals surface area contributed by atoms with Crippen LogP contribution in [0, 0.1) is 11.8 Å². The van der Waals surface area contributed by atoms with Gasteiger partial charge in [-0.25, -0.2) is 8.78 Å². The molecule has 0 radical (unpaired) electrons. The van der Waals surface area contributed by atoms with Crippen LogP contribution in [-0.4, -0.2) is 23.8 Å². The number of hydrogen-bond acceptors (Lipinski definition) is 1. The molecule has 1 rings (SSSR count). The summed E-state index contributed by atoms with van der Waals surface area (Å²) < 4.78 is 26.5. The Balaban J connectivity index is 2.48. The molecule has 1 amide bonds. The molecule has 0 spiro atoms. The quantitative estimate of drug-likeness (QED) is 0.767. The maximum absolute atomic E-state index is 13.2. The molecule has 1 fully saturated rings. The summed E-state index contributed by atoms with van der Waals surface area (Å²) in [7, 11) is 0. The third-order valence-corrected chi connectivity index (χ3v) is 3.67. The molecular weight excluding hydrogens is 260 g/mol. The fourth-order valence-corrected chi connectivity index (χ4v) is 2.65. The second kappa shape index (κ2) is 6.69. The summed E-state index contributed by atoms with van der Waals surface area (Å²) in [6.07, 6.45) is 1.33. The summed E-state index contributed by atoms with van der Waals surface area (Å²) >= 11 is 5.79. The highest BCUT2D eigenvalue weighted by molar-refractivity contribution is 6.18. The lowest BCUT2D eigenvalue weighted by Gasteiger charge is -2.29. The van der Waals surface area contributed by atoms with Crippen LogP contribution in [-0.2, 0) is 4.79 Å². The van der Waals surface area contributed by atoms with Crippen LogP contribution in [0.3, 0.4) is 0 Å². The first-order valence-corrected chi connectivity index (χ1v) is 7.11. The third kappa shape index (κ3) is 5.09. The maximum atomic E-state index is 13.2. The van der Waals surface area contributed by atoms with E-state index in [1.807, 2.05) is 13.8 Å². The molecule has 0 bridgehead atoms. The zero-order chi connectivity index (χ0) is 13.8. The minimum atomic E-state index is -2.69. The third-order valence-electron chi connectivity index (χ3n) is 3.30. The summed E-state index contributed by atoms with van der Waals surface area (Å²) in [5, 5.41) is 2.80. The summed E-state index contributed by atoms with van der Waals surface area (Å²) in [4.78, 5) is 11.9. The number of halogens is 3. The summed E-state index contributed by atoms with van der Waals surface area (Å²) in [5.74, 6) is -2.77. The SMILES string of the molecule is CC(C)CC(CCl)NC(=O)C1CCCC(F)(F)C1. The second-order valence-electron chi connectivity index (χ2n) is 5.64. The molecule has 1 aliphatic carbocycles. The molecule has 0 heterocycles. The van der Waals surface area contributed by atoms with Crippen LogP contribution >= 0.6 is 11.6 Å². The van der Waals surface area contributed by atoms with Gasteiger partial charge < -0.3 is 5.32 Å². The van der Waals surface area contributed by atoms with Gasteiger partial charge in [-0.1, -0.05) is 13.8 Å². The molecule has 0 aliphatic heterocycles. The lowest BCUT2D eigenvalue weighted by Crippen LogP contribution is -2.43. The monoisotopic (exact) mass is 281 g/mol. The number of nitrogens with one attached hydrogen (secondary N) is 1. The fourth-order valence-electron chi connectivity index (χ4n) is 2.44. The fraction of sp³-hybridized carbons (Fsp3) is 0.923. The van der Waals surface area contributed by atoms with E-state index in [1.54, 1.807) is 0 Å². The Hall–Kier alpha value is -0.380. The molecular formula is C13H22ClF2NO. The van der Waals surface area contributed by atoms with Gasteiger partial charge in [0.25, 0.3) is 0 Å². The van der Waals surface area contributed by atoms with E-state index in [-0.39, 0.29) is 24.8 Å². The first-order chi connectivity index (χ1) is 8.34. The average molecular weight is 282 g/mol. The highest BCUT2D eigenvalue weighted by Gasteiger charge is 2.39. The van der Waals surface area contributed by atoms with Gasteiger partial charge in [0, 0.05) is 30.7 Å². The molecule has 18 heavy (non-hydrogen) atoms. The Morgan fingerprint density at radius 1 is 1.50 bits per heavy atom. The molecule has 2 atom stereocenters. The summed E-state index contributed by atoms with van der Waals surface area (Å²) in [5.41, 5.74) is 0. The number of rotatable bonds is 5. The van der Waals surface area contributed by atoms with Gasteiger partial charge in [0.05, 0.1) is 0 Å². The van der Waals surface area contributed by atoms with Gasteiger partial charge in [0.2, 0.25) is 11.8 Å². The smallest absolute Gasteiger partial charge is 0.248 e. The van der Waals surface area contributed by atoms with Crippen molar-refractivity contribution >= 4 is 17.5 Å². The predicted molar refractivity (Wildman–Crippen MR) is 69.0 cm³/mol. The van der Waals surface area contributed by atoms with E-state index >= 15 is 0 Å². The number of amides is 1. The van der Waals surface area contributed by atoms with Crippen LogP contribution in [0.15, 0.2) is 0 Å². The molecule has 106 valence electrons. The first kappa shape index (κ1) is 15.7. The van der Waals surface area contributed by atoms with Crippen LogP contribution < -0.4 is 5.32 Å². The van der Waals surface area contributed by atoms with Crippen LogP contribution in [0.25, 0.3) is 0 Å². The lowest BCUT2D eigenvalue weighted by atomic mass is 9.85. The van der Waals surface area contributed by atoms with E-state index in [9.17, 15) is 13.6 Å². The number of hydrogen-bond donors (Lipinski definition) is 1. The first-order valence-electron chi connectivity index (χ1n) is 6.58. The maximum Gasteiger partial charge on any atom is 0.248 e. The Bertz CT molecular complexity index is 284. The van der Waals surface area contributed by atoms with Crippen LogP contribution in [0.5, 0.6) is 0 Å². The van der Waals surface area contributed by atoms with Gasteiger partial charge in [-0.3, -0.25) is 4.79 Å². The van der Waals surface area contributed by atoms with E-state index in [0.29, 0.717) is 24.6 Å². The van der Waals surface area contributed by atoms with E-state index in [4.69, 9.17) is 11.6 Å². The number of carbonyl (C=O) groups excluding carboxylic acids is 1. The van der Waals surface area contributed by atoms with Crippen molar-refractivity contribution in [2.75, 3.05) is 5.88 Å². The Labute approximate surface area is 112 Å². The number of alkyl halides is 3. The van der Waals surface area contributed by atoms with Gasteiger partial charge in [0.1, 0.15) is 0 Å². The molecule has 5 heteroatoms. The molecule has 0 aromatic carbocycles. The predicted octanol–water partition coefficient (Wildman–Crippen LogP) is 3.58. The Morgan fingerprint density at radius 2 is 2.17 bits per heavy atom. The van der Waals surface area contributed by atoms with Crippen molar-refractivity contribution in [2.45, 2.75) is 57.9 Å². The van der Waals surface area contributed by atoms with Gasteiger partial charge in [-0.15, -0.1) is 11.6 Å². The van der Waals surface area contributed by atoms with Crippen LogP contribution in [0.1, 0.15) is 46.0 Å². The molecule has 1 saturated carbocycles. The van der Waals surface area contributed by atoms with Crippen molar-refractivity contribution in [3.8, 4) is 0 Å². The van der Waals surface area contributed by atoms with Crippen molar-refractivity contribution < 1.29 is 13.6 Å². The second-order valence-corrected chi connectivity index (χ2v) is 5.95. The summed E-state index contributed by atoms with van der Waals surface area (Å²) in [6, 6.07) is -0.116. The van der Waals surface area contributed by atoms with Crippen molar-refractivity contribution in [3.63, 3.8) is 0 Å². The molecule has 0 aromatic rings. The van der Waals surface area contributed by atoms with E-state index in [1.165, 1.54) is 0 Å². The van der Waals surface area contributed by atoms with Gasteiger partial charge in [-0.05, 0) is 25.2 Å². The Morgan fingerprint density at radius 3 is 2.67 bits per heavy atom. The number of carbonyl (C=O) groups is 1. The van der Waals surface area contributed by atoms with Crippen molar-refractivity contribution in [3.05, 3.63) is 0 Å². The van der Waals surface area contributed by atoms with Gasteiger partial charge >= 0.3 is 0 Å². The largest absolute Gasteiger partial charge is 0.352 e. The minimum absolute atomic E-state index is 0.0955.